The highest BCUT2D eigenvalue weighted by Gasteiger charge is 1.98. The normalized spacial score (nSPS) is 9.92. The summed E-state index contributed by atoms with van der Waals surface area (Å²) in [5.74, 6) is -0.513. The fraction of sp³-hybridized carbons (Fsp3) is 0.125. The van der Waals surface area contributed by atoms with Crippen molar-refractivity contribution in [1.82, 2.24) is 4.91 Å². The lowest BCUT2D eigenvalue weighted by molar-refractivity contribution is -0.113. The number of carbonyl (C=O) groups is 1. The standard InChI is InChI=1S/C8H8N3OS/c1-6-4-7(13-5-6)2-3-8(12)10-11-9/h2-5,9H,1H3/q+1/b3-2+. The number of carbonyl (C=O) groups excluding carboxylic acids is 1. The number of thiophene rings is 1. The van der Waals surface area contributed by atoms with Crippen LogP contribution in [0.1, 0.15) is 10.4 Å². The average Bonchev–Trinajstić information content (AvgIpc) is 2.49. The fourth-order valence-corrected chi connectivity index (χ4v) is 1.57. The third kappa shape index (κ3) is 3.11. The topological polar surface area (TPSA) is 67.4 Å². The third-order valence-electron chi connectivity index (χ3n) is 1.29. The van der Waals surface area contributed by atoms with Crippen LogP contribution in [0.15, 0.2) is 22.6 Å². The van der Waals surface area contributed by atoms with Crippen molar-refractivity contribution in [2.75, 3.05) is 0 Å². The van der Waals surface area contributed by atoms with Gasteiger partial charge in [-0.25, -0.2) is 0 Å². The predicted molar refractivity (Wildman–Crippen MR) is 50.4 cm³/mol. The van der Waals surface area contributed by atoms with Gasteiger partial charge in [-0.1, -0.05) is 0 Å². The molecule has 1 N–H and O–H groups in total. The minimum absolute atomic E-state index is 0.513. The Balaban J connectivity index is 2.68. The lowest BCUT2D eigenvalue weighted by Gasteiger charge is -1.78. The molecule has 0 radical (unpaired) electrons. The van der Waals surface area contributed by atoms with Gasteiger partial charge in [0.2, 0.25) is 10.0 Å². The predicted octanol–water partition coefficient (Wildman–Crippen LogP) is 2.15. The van der Waals surface area contributed by atoms with Crippen LogP contribution in [0, 0.1) is 12.5 Å². The second kappa shape index (κ2) is 4.45. The quantitative estimate of drug-likeness (QED) is 0.437. The number of rotatable bonds is 2. The molecule has 1 aromatic rings. The second-order valence-electron chi connectivity index (χ2n) is 2.40. The molecule has 0 spiro atoms. The Bertz CT molecular complexity index is 388. The van der Waals surface area contributed by atoms with Crippen molar-refractivity contribution in [3.63, 3.8) is 0 Å². The molecule has 5 heteroatoms. The molecule has 0 saturated heterocycles. The largest absolute Gasteiger partial charge is 0.353 e. The summed E-state index contributed by atoms with van der Waals surface area (Å²) in [4.78, 5) is 14.4. The molecule has 0 aromatic carbocycles. The zero-order chi connectivity index (χ0) is 9.68. The number of aryl methyl sites for hydroxylation is 1. The molecular formula is C8H8N3OS+. The highest BCUT2D eigenvalue weighted by Crippen LogP contribution is 2.14. The van der Waals surface area contributed by atoms with Gasteiger partial charge in [0.05, 0.1) is 0 Å². The van der Waals surface area contributed by atoms with Crippen LogP contribution >= 0.6 is 11.3 Å². The Morgan fingerprint density at radius 3 is 3.08 bits per heavy atom. The molecule has 0 aliphatic rings. The lowest BCUT2D eigenvalue weighted by atomic mass is 10.3. The Hall–Kier alpha value is -1.58. The van der Waals surface area contributed by atoms with Crippen LogP contribution < -0.4 is 4.91 Å². The van der Waals surface area contributed by atoms with E-state index in [0.717, 1.165) is 4.88 Å². The van der Waals surface area contributed by atoms with E-state index in [4.69, 9.17) is 5.53 Å². The second-order valence-corrected chi connectivity index (χ2v) is 3.34. The van der Waals surface area contributed by atoms with E-state index in [1.54, 1.807) is 17.4 Å². The summed E-state index contributed by atoms with van der Waals surface area (Å²) in [6, 6.07) is 1.96. The molecule has 0 atom stereocenters. The van der Waals surface area contributed by atoms with Crippen LogP contribution in [0.4, 0.5) is 0 Å². The molecule has 1 amide bonds. The smallest absolute Gasteiger partial charge is 0.260 e. The molecule has 1 heterocycles. The SMILES string of the molecule is Cc1csc(/C=C/C(=O)N=[N+]=N)c1. The van der Waals surface area contributed by atoms with Crippen molar-refractivity contribution in [3.8, 4) is 0 Å². The maximum Gasteiger partial charge on any atom is 0.353 e. The summed E-state index contributed by atoms with van der Waals surface area (Å²) in [5.41, 5.74) is 7.49. The van der Waals surface area contributed by atoms with Gasteiger partial charge in [0, 0.05) is 11.0 Å². The van der Waals surface area contributed by atoms with Crippen LogP contribution in [0.5, 0.6) is 0 Å². The van der Waals surface area contributed by atoms with Gasteiger partial charge < -0.3 is 0 Å². The zero-order valence-electron chi connectivity index (χ0n) is 7.02. The van der Waals surface area contributed by atoms with E-state index >= 15 is 0 Å². The van der Waals surface area contributed by atoms with Crippen molar-refractivity contribution < 1.29 is 4.79 Å². The zero-order valence-corrected chi connectivity index (χ0v) is 7.84. The molecule has 0 aliphatic heterocycles. The Morgan fingerprint density at radius 1 is 1.77 bits per heavy atom. The van der Waals surface area contributed by atoms with Gasteiger partial charge in [0.15, 0.2) is 0 Å². The first-order chi connectivity index (χ1) is 6.22. The maximum absolute atomic E-state index is 10.8. The monoisotopic (exact) mass is 194 g/mol. The van der Waals surface area contributed by atoms with Crippen LogP contribution in [0.25, 0.3) is 6.08 Å². The summed E-state index contributed by atoms with van der Waals surface area (Å²) in [6.45, 7) is 1.99. The van der Waals surface area contributed by atoms with Gasteiger partial charge in [0.25, 0.3) is 0 Å². The van der Waals surface area contributed by atoms with Gasteiger partial charge in [-0.05, 0) is 30.0 Å². The van der Waals surface area contributed by atoms with Gasteiger partial charge in [-0.2, -0.15) is 0 Å². The molecule has 66 valence electrons. The number of hydrogen-bond donors (Lipinski definition) is 1. The average molecular weight is 194 g/mol. The first kappa shape index (κ1) is 9.51. The summed E-state index contributed by atoms with van der Waals surface area (Å²) in [7, 11) is 0. The Kier molecular flexibility index (Phi) is 3.25. The van der Waals surface area contributed by atoms with Crippen molar-refractivity contribution in [1.29, 1.82) is 5.53 Å². The highest BCUT2D eigenvalue weighted by molar-refractivity contribution is 7.11. The van der Waals surface area contributed by atoms with Gasteiger partial charge in [-0.3, -0.25) is 4.79 Å². The van der Waals surface area contributed by atoms with Crippen LogP contribution in [-0.2, 0) is 4.79 Å². The minimum Gasteiger partial charge on any atom is -0.260 e. The van der Waals surface area contributed by atoms with E-state index in [0.29, 0.717) is 0 Å². The molecule has 0 unspecified atom stereocenters. The molecular weight excluding hydrogens is 186 g/mol. The molecule has 4 nitrogen and oxygen atoms in total. The Labute approximate surface area is 79.1 Å². The molecule has 0 saturated carbocycles. The summed E-state index contributed by atoms with van der Waals surface area (Å²) in [5, 5.41) is 5.01. The number of nitrogens with zero attached hydrogens (tertiary/aromatic N) is 2. The van der Waals surface area contributed by atoms with E-state index < -0.39 is 5.91 Å². The number of hydrogen-bond acceptors (Lipinski definition) is 3. The third-order valence-corrected chi connectivity index (χ3v) is 2.31. The molecule has 1 rings (SSSR count). The molecule has 0 fully saturated rings. The van der Waals surface area contributed by atoms with Crippen molar-refractivity contribution in [2.45, 2.75) is 6.92 Å². The summed E-state index contributed by atoms with van der Waals surface area (Å²) < 4.78 is 0. The van der Waals surface area contributed by atoms with Crippen LogP contribution in [0.3, 0.4) is 0 Å². The Morgan fingerprint density at radius 2 is 2.54 bits per heavy atom. The first-order valence-electron chi connectivity index (χ1n) is 3.57. The number of amides is 1. The van der Waals surface area contributed by atoms with Gasteiger partial charge in [0.1, 0.15) is 5.53 Å². The summed E-state index contributed by atoms with van der Waals surface area (Å²) in [6.07, 6.45) is 2.96. The van der Waals surface area contributed by atoms with E-state index in [1.165, 1.54) is 11.6 Å². The van der Waals surface area contributed by atoms with Crippen molar-refractivity contribution >= 4 is 23.3 Å². The first-order valence-corrected chi connectivity index (χ1v) is 4.45. The van der Waals surface area contributed by atoms with Crippen LogP contribution in [0.2, 0.25) is 0 Å². The molecule has 1 aromatic heterocycles. The van der Waals surface area contributed by atoms with Crippen molar-refractivity contribution in [3.05, 3.63) is 28.0 Å². The number of nitrogens with one attached hydrogen (secondary N) is 1. The van der Waals surface area contributed by atoms with Gasteiger partial charge in [-0.15, -0.1) is 11.3 Å². The van der Waals surface area contributed by atoms with Crippen molar-refractivity contribution in [2.24, 2.45) is 5.11 Å². The van der Waals surface area contributed by atoms with Crippen LogP contribution in [-0.4, -0.2) is 5.91 Å². The summed E-state index contributed by atoms with van der Waals surface area (Å²) >= 11 is 1.55. The molecule has 0 aliphatic carbocycles. The minimum atomic E-state index is -0.513. The molecule has 13 heavy (non-hydrogen) atoms. The van der Waals surface area contributed by atoms with E-state index in [9.17, 15) is 4.79 Å². The van der Waals surface area contributed by atoms with E-state index in [-0.39, 0.29) is 0 Å². The van der Waals surface area contributed by atoms with E-state index in [2.05, 4.69) is 10.0 Å². The lowest BCUT2D eigenvalue weighted by Crippen LogP contribution is -1.84. The fourth-order valence-electron chi connectivity index (χ4n) is 0.777. The highest BCUT2D eigenvalue weighted by atomic mass is 32.1. The maximum atomic E-state index is 10.8. The van der Waals surface area contributed by atoms with E-state index in [1.807, 2.05) is 18.4 Å². The molecule has 0 bridgehead atoms. The van der Waals surface area contributed by atoms with Gasteiger partial charge >= 0.3 is 5.91 Å².